The smallest absolute Gasteiger partial charge is 0.273 e. The second-order valence-corrected chi connectivity index (χ2v) is 7.23. The van der Waals surface area contributed by atoms with Crippen LogP contribution in [0, 0.1) is 6.92 Å². The zero-order chi connectivity index (χ0) is 17.9. The average Bonchev–Trinajstić information content (AvgIpc) is 3.41. The summed E-state index contributed by atoms with van der Waals surface area (Å²) in [5.74, 6) is 0.549. The van der Waals surface area contributed by atoms with Crippen molar-refractivity contribution in [2.45, 2.75) is 25.8 Å². The van der Waals surface area contributed by atoms with Crippen molar-refractivity contribution in [1.29, 1.82) is 0 Å². The predicted octanol–water partition coefficient (Wildman–Crippen LogP) is 3.40. The molecule has 1 aromatic carbocycles. The zero-order valence-corrected chi connectivity index (χ0v) is 15.3. The Morgan fingerprint density at radius 2 is 2.08 bits per heavy atom. The van der Waals surface area contributed by atoms with Crippen LogP contribution < -0.4 is 0 Å². The Bertz CT molecular complexity index is 917. The third-order valence-corrected chi connectivity index (χ3v) is 5.53. The van der Waals surface area contributed by atoms with Gasteiger partial charge in [-0.1, -0.05) is 36.4 Å². The van der Waals surface area contributed by atoms with Crippen LogP contribution in [0.5, 0.6) is 0 Å². The number of rotatable bonds is 4. The van der Waals surface area contributed by atoms with Crippen molar-refractivity contribution in [2.24, 2.45) is 0 Å². The fourth-order valence-electron chi connectivity index (χ4n) is 3.31. The van der Waals surface area contributed by atoms with Crippen LogP contribution in [0.15, 0.2) is 47.8 Å². The lowest BCUT2D eigenvalue weighted by atomic mass is 10.1. The maximum atomic E-state index is 13.5. The first-order chi connectivity index (χ1) is 12.7. The molecule has 0 aliphatic carbocycles. The predicted molar refractivity (Wildman–Crippen MR) is 101 cm³/mol. The van der Waals surface area contributed by atoms with Gasteiger partial charge in [-0.25, -0.2) is 0 Å². The summed E-state index contributed by atoms with van der Waals surface area (Å²) in [6.45, 7) is 2.54. The van der Waals surface area contributed by atoms with Crippen LogP contribution in [0.25, 0.3) is 11.8 Å². The Morgan fingerprint density at radius 3 is 2.77 bits per heavy atom. The summed E-state index contributed by atoms with van der Waals surface area (Å²) in [5, 5.41) is 13.8. The van der Waals surface area contributed by atoms with Crippen molar-refractivity contribution in [1.82, 2.24) is 25.1 Å². The normalized spacial score (nSPS) is 17.7. The summed E-state index contributed by atoms with van der Waals surface area (Å²) in [7, 11) is 0. The quantitative estimate of drug-likeness (QED) is 0.665. The lowest BCUT2D eigenvalue weighted by Gasteiger charge is -2.25. The van der Waals surface area contributed by atoms with Crippen LogP contribution in [-0.4, -0.2) is 37.6 Å². The molecular weight excluding hydrogens is 346 g/mol. The van der Waals surface area contributed by atoms with Crippen LogP contribution in [-0.2, 0) is 4.79 Å². The standard InChI is InChI=1S/C19H19N5OS/c1-14-20-21-22-24(14)17(13-15-7-3-2-4-8-15)19(25)23-11-5-9-16(23)18-10-6-12-26-18/h2-4,6-8,10,12-13,16H,5,9,11H2,1H3/b17-13-/t16-/m0/s1. The molecule has 4 rings (SSSR count). The summed E-state index contributed by atoms with van der Waals surface area (Å²) in [5.41, 5.74) is 1.42. The highest BCUT2D eigenvalue weighted by atomic mass is 32.1. The van der Waals surface area contributed by atoms with Crippen LogP contribution >= 0.6 is 11.3 Å². The summed E-state index contributed by atoms with van der Waals surface area (Å²) < 4.78 is 1.53. The molecule has 1 aliphatic rings. The highest BCUT2D eigenvalue weighted by Crippen LogP contribution is 2.36. The van der Waals surface area contributed by atoms with Gasteiger partial charge in [-0.3, -0.25) is 4.79 Å². The molecule has 3 heterocycles. The fourth-order valence-corrected chi connectivity index (χ4v) is 4.18. The van der Waals surface area contributed by atoms with E-state index < -0.39 is 0 Å². The first-order valence-electron chi connectivity index (χ1n) is 8.60. The molecule has 7 heteroatoms. The molecule has 0 unspecified atom stereocenters. The van der Waals surface area contributed by atoms with Crippen LogP contribution in [0.3, 0.4) is 0 Å². The van der Waals surface area contributed by atoms with E-state index in [4.69, 9.17) is 0 Å². The molecular formula is C19H19N5OS. The van der Waals surface area contributed by atoms with E-state index in [0.717, 1.165) is 24.9 Å². The number of carbonyl (C=O) groups excluding carboxylic acids is 1. The number of aryl methyl sites for hydroxylation is 1. The highest BCUT2D eigenvalue weighted by Gasteiger charge is 2.33. The summed E-state index contributed by atoms with van der Waals surface area (Å²) in [6.07, 6.45) is 3.84. The van der Waals surface area contributed by atoms with Gasteiger partial charge in [0.2, 0.25) is 0 Å². The van der Waals surface area contributed by atoms with Crippen LogP contribution in [0.1, 0.15) is 35.1 Å². The molecule has 1 fully saturated rings. The van der Waals surface area contributed by atoms with Crippen molar-refractivity contribution in [3.63, 3.8) is 0 Å². The van der Waals surface area contributed by atoms with Gasteiger partial charge >= 0.3 is 0 Å². The molecule has 1 atom stereocenters. The second kappa shape index (κ2) is 7.21. The molecule has 0 bridgehead atoms. The van der Waals surface area contributed by atoms with Gasteiger partial charge in [0.1, 0.15) is 5.70 Å². The Balaban J connectivity index is 1.73. The largest absolute Gasteiger partial charge is 0.329 e. The van der Waals surface area contributed by atoms with E-state index in [9.17, 15) is 4.79 Å². The van der Waals surface area contributed by atoms with E-state index in [-0.39, 0.29) is 11.9 Å². The van der Waals surface area contributed by atoms with Gasteiger partial charge in [-0.2, -0.15) is 4.68 Å². The van der Waals surface area contributed by atoms with Gasteiger partial charge in [0.05, 0.1) is 6.04 Å². The number of thiophene rings is 1. The van der Waals surface area contributed by atoms with Gasteiger partial charge < -0.3 is 4.90 Å². The van der Waals surface area contributed by atoms with Crippen molar-refractivity contribution in [3.8, 4) is 0 Å². The monoisotopic (exact) mass is 365 g/mol. The summed E-state index contributed by atoms with van der Waals surface area (Å²) >= 11 is 1.70. The van der Waals surface area contributed by atoms with Gasteiger partial charge in [0.25, 0.3) is 5.91 Å². The number of hydrogen-bond acceptors (Lipinski definition) is 5. The third-order valence-electron chi connectivity index (χ3n) is 4.56. The molecule has 132 valence electrons. The van der Waals surface area contributed by atoms with Crippen molar-refractivity contribution >= 4 is 29.0 Å². The minimum Gasteiger partial charge on any atom is -0.329 e. The van der Waals surface area contributed by atoms with Crippen molar-refractivity contribution in [2.75, 3.05) is 6.54 Å². The Morgan fingerprint density at radius 1 is 1.23 bits per heavy atom. The SMILES string of the molecule is Cc1nnnn1/C(=C\c1ccccc1)C(=O)N1CCC[C@H]1c1cccs1. The van der Waals surface area contributed by atoms with E-state index in [1.165, 1.54) is 9.56 Å². The minimum atomic E-state index is -0.0415. The molecule has 0 saturated carbocycles. The molecule has 0 spiro atoms. The molecule has 26 heavy (non-hydrogen) atoms. The van der Waals surface area contributed by atoms with E-state index in [1.54, 1.807) is 18.3 Å². The lowest BCUT2D eigenvalue weighted by molar-refractivity contribution is -0.126. The summed E-state index contributed by atoms with van der Waals surface area (Å²) in [4.78, 5) is 16.6. The summed E-state index contributed by atoms with van der Waals surface area (Å²) in [6, 6.07) is 14.0. The van der Waals surface area contributed by atoms with E-state index in [1.807, 2.05) is 47.4 Å². The van der Waals surface area contributed by atoms with Crippen LogP contribution in [0.4, 0.5) is 0 Å². The second-order valence-electron chi connectivity index (χ2n) is 6.25. The Kier molecular flexibility index (Phi) is 4.62. The lowest BCUT2D eigenvalue weighted by Crippen LogP contribution is -2.33. The Labute approximate surface area is 155 Å². The van der Waals surface area contributed by atoms with Gasteiger partial charge in [-0.05, 0) is 53.3 Å². The highest BCUT2D eigenvalue weighted by molar-refractivity contribution is 7.10. The first kappa shape index (κ1) is 16.7. The van der Waals surface area contributed by atoms with Gasteiger partial charge in [-0.15, -0.1) is 16.4 Å². The zero-order valence-electron chi connectivity index (χ0n) is 14.4. The van der Waals surface area contributed by atoms with Crippen molar-refractivity contribution in [3.05, 3.63) is 64.1 Å². The molecule has 0 radical (unpaired) electrons. The van der Waals surface area contributed by atoms with Crippen molar-refractivity contribution < 1.29 is 4.79 Å². The molecule has 3 aromatic rings. The van der Waals surface area contributed by atoms with Crippen LogP contribution in [0.2, 0.25) is 0 Å². The molecule has 6 nitrogen and oxygen atoms in total. The molecule has 1 aliphatic heterocycles. The Hall–Kier alpha value is -2.80. The number of likely N-dealkylation sites (tertiary alicyclic amines) is 1. The van der Waals surface area contributed by atoms with E-state index in [2.05, 4.69) is 27.0 Å². The topological polar surface area (TPSA) is 63.9 Å². The minimum absolute atomic E-state index is 0.0415. The number of aromatic nitrogens is 4. The number of benzene rings is 1. The van der Waals surface area contributed by atoms with E-state index in [0.29, 0.717) is 11.5 Å². The molecule has 0 N–H and O–H groups in total. The number of amides is 1. The molecule has 1 amide bonds. The van der Waals surface area contributed by atoms with Gasteiger partial charge in [0.15, 0.2) is 5.82 Å². The maximum Gasteiger partial charge on any atom is 0.273 e. The molecule has 1 saturated heterocycles. The first-order valence-corrected chi connectivity index (χ1v) is 9.48. The third kappa shape index (κ3) is 3.17. The number of hydrogen-bond donors (Lipinski definition) is 0. The maximum absolute atomic E-state index is 13.5. The number of nitrogens with zero attached hydrogens (tertiary/aromatic N) is 5. The number of carbonyl (C=O) groups is 1. The average molecular weight is 365 g/mol. The fraction of sp³-hybridized carbons (Fsp3) is 0.263. The number of tetrazole rings is 1. The van der Waals surface area contributed by atoms with Gasteiger partial charge in [0, 0.05) is 11.4 Å². The molecule has 2 aromatic heterocycles. The van der Waals surface area contributed by atoms with E-state index >= 15 is 0 Å².